The lowest BCUT2D eigenvalue weighted by Gasteiger charge is -2.21. The van der Waals surface area contributed by atoms with Gasteiger partial charge in [-0.15, -0.1) is 0 Å². The Morgan fingerprint density at radius 1 is 1.43 bits per heavy atom. The summed E-state index contributed by atoms with van der Waals surface area (Å²) in [5.74, 6) is -1.33. The van der Waals surface area contributed by atoms with Crippen LogP contribution in [0.1, 0.15) is 26.6 Å². The molecule has 2 rings (SSSR count). The Labute approximate surface area is 132 Å². The molecule has 0 radical (unpaired) electrons. The fraction of sp³-hybridized carbons (Fsp3) is 0.357. The van der Waals surface area contributed by atoms with Crippen molar-refractivity contribution in [2.24, 2.45) is 0 Å². The molecule has 0 saturated heterocycles. The van der Waals surface area contributed by atoms with Crippen molar-refractivity contribution in [3.8, 4) is 6.07 Å². The summed E-state index contributed by atoms with van der Waals surface area (Å²) in [5.41, 5.74) is -1.59. The first-order valence-electron chi connectivity index (χ1n) is 6.84. The van der Waals surface area contributed by atoms with E-state index in [1.165, 1.54) is 19.3 Å². The molecule has 0 aliphatic rings. The Kier molecular flexibility index (Phi) is 6.29. The second-order valence-corrected chi connectivity index (χ2v) is 4.49. The molecule has 0 fully saturated rings. The molecule has 0 aromatic carbocycles. The maximum absolute atomic E-state index is 12.8. The summed E-state index contributed by atoms with van der Waals surface area (Å²) in [6.45, 7) is 5.05. The summed E-state index contributed by atoms with van der Waals surface area (Å²) in [5, 5.41) is 24.7. The van der Waals surface area contributed by atoms with Crippen LogP contribution in [0, 0.1) is 17.1 Å². The van der Waals surface area contributed by atoms with Gasteiger partial charge in [0.2, 0.25) is 5.82 Å². The Bertz CT molecular complexity index is 690. The van der Waals surface area contributed by atoms with E-state index in [2.05, 4.69) is 20.4 Å². The van der Waals surface area contributed by atoms with E-state index < -0.39 is 17.3 Å². The summed E-state index contributed by atoms with van der Waals surface area (Å²) >= 11 is 0. The van der Waals surface area contributed by atoms with E-state index in [1.807, 2.05) is 13.8 Å². The van der Waals surface area contributed by atoms with Crippen LogP contribution in [0.5, 0.6) is 0 Å². The number of carbonyl (C=O) groups excluding carboxylic acids is 1. The first-order valence-corrected chi connectivity index (χ1v) is 6.84. The minimum Gasteiger partial charge on any atom is -0.378 e. The summed E-state index contributed by atoms with van der Waals surface area (Å²) in [6, 6.07) is 1.74. The van der Waals surface area contributed by atoms with Crippen molar-refractivity contribution in [2.45, 2.75) is 32.9 Å². The maximum Gasteiger partial charge on any atom is 0.258 e. The van der Waals surface area contributed by atoms with Crippen LogP contribution in [-0.4, -0.2) is 36.4 Å². The molecule has 2 aromatic heterocycles. The Hall–Kier alpha value is -2.86. The van der Waals surface area contributed by atoms with Crippen molar-refractivity contribution in [3.63, 3.8) is 0 Å². The van der Waals surface area contributed by atoms with Gasteiger partial charge in [0.25, 0.3) is 5.91 Å². The minimum atomic E-state index is -1.81. The maximum atomic E-state index is 12.8. The third-order valence-electron chi connectivity index (χ3n) is 2.57. The molecule has 1 amide bonds. The van der Waals surface area contributed by atoms with Crippen LogP contribution in [0.4, 0.5) is 10.1 Å². The minimum absolute atomic E-state index is 0.0354. The zero-order valence-electron chi connectivity index (χ0n) is 13.0. The molecule has 0 spiro atoms. The number of nitriles is 1. The number of nitrogens with one attached hydrogen (secondary N) is 1. The number of aliphatic hydroxyl groups is 1. The summed E-state index contributed by atoms with van der Waals surface area (Å²) in [4.78, 5) is 19.4. The molecular weight excluding hydrogens is 303 g/mol. The van der Waals surface area contributed by atoms with E-state index in [1.54, 1.807) is 6.07 Å². The Balaban J connectivity index is 0.00000127. The number of anilines is 1. The highest BCUT2D eigenvalue weighted by Gasteiger charge is 2.31. The number of nitrogens with zero attached hydrogens (tertiary/aromatic N) is 5. The molecule has 1 atom stereocenters. The lowest BCUT2D eigenvalue weighted by Crippen LogP contribution is -2.43. The van der Waals surface area contributed by atoms with Gasteiger partial charge >= 0.3 is 0 Å². The van der Waals surface area contributed by atoms with Gasteiger partial charge in [-0.1, -0.05) is 13.8 Å². The molecule has 9 heteroatoms. The quantitative estimate of drug-likeness (QED) is 0.871. The van der Waals surface area contributed by atoms with Crippen LogP contribution in [0.15, 0.2) is 24.8 Å². The average molecular weight is 320 g/mol. The van der Waals surface area contributed by atoms with Crippen LogP contribution in [0.25, 0.3) is 0 Å². The zero-order chi connectivity index (χ0) is 17.5. The van der Waals surface area contributed by atoms with Gasteiger partial charge in [-0.2, -0.15) is 10.4 Å². The molecule has 0 unspecified atom stereocenters. The largest absolute Gasteiger partial charge is 0.378 e. The number of hydrogen-bond donors (Lipinski definition) is 2. The second kappa shape index (κ2) is 7.95. The summed E-state index contributed by atoms with van der Waals surface area (Å²) in [6.07, 6.45) is 4.52. The smallest absolute Gasteiger partial charge is 0.258 e. The van der Waals surface area contributed by atoms with Gasteiger partial charge in [-0.25, -0.2) is 14.4 Å². The van der Waals surface area contributed by atoms with E-state index in [4.69, 9.17) is 5.26 Å². The second-order valence-electron chi connectivity index (χ2n) is 4.49. The molecule has 2 heterocycles. The monoisotopic (exact) mass is 320 g/mol. The number of hydrogen-bond acceptors (Lipinski definition) is 6. The van der Waals surface area contributed by atoms with Gasteiger partial charge in [0, 0.05) is 0 Å². The van der Waals surface area contributed by atoms with Crippen LogP contribution in [0.2, 0.25) is 0 Å². The predicted octanol–water partition coefficient (Wildman–Crippen LogP) is 1.10. The molecular formula is C14H17FN6O2. The first-order chi connectivity index (χ1) is 10.9. The van der Waals surface area contributed by atoms with Gasteiger partial charge in [0.15, 0.2) is 11.4 Å². The highest BCUT2D eigenvalue weighted by atomic mass is 19.1. The van der Waals surface area contributed by atoms with Crippen molar-refractivity contribution in [2.75, 3.05) is 5.32 Å². The number of aromatic nitrogens is 4. The van der Waals surface area contributed by atoms with Gasteiger partial charge in [-0.3, -0.25) is 9.48 Å². The molecule has 2 aromatic rings. The summed E-state index contributed by atoms with van der Waals surface area (Å²) < 4.78 is 13.9. The van der Waals surface area contributed by atoms with E-state index >= 15 is 0 Å². The lowest BCUT2D eigenvalue weighted by atomic mass is 10.1. The molecule has 0 aliphatic carbocycles. The van der Waals surface area contributed by atoms with E-state index in [0.717, 1.165) is 17.1 Å². The first kappa shape index (κ1) is 18.2. The van der Waals surface area contributed by atoms with Gasteiger partial charge in [-0.05, 0) is 6.92 Å². The fourth-order valence-corrected chi connectivity index (χ4v) is 1.53. The third-order valence-corrected chi connectivity index (χ3v) is 2.57. The third kappa shape index (κ3) is 5.12. The molecule has 122 valence electrons. The number of rotatable bonds is 4. The van der Waals surface area contributed by atoms with Crippen LogP contribution in [0.3, 0.4) is 0 Å². The topological polar surface area (TPSA) is 117 Å². The van der Waals surface area contributed by atoms with E-state index in [9.17, 15) is 14.3 Å². The molecule has 0 saturated carbocycles. The van der Waals surface area contributed by atoms with Crippen LogP contribution in [-0.2, 0) is 11.3 Å². The highest BCUT2D eigenvalue weighted by molar-refractivity contribution is 5.96. The van der Waals surface area contributed by atoms with Crippen molar-refractivity contribution < 1.29 is 14.3 Å². The van der Waals surface area contributed by atoms with Crippen LogP contribution < -0.4 is 5.32 Å². The summed E-state index contributed by atoms with van der Waals surface area (Å²) in [7, 11) is 0. The Morgan fingerprint density at radius 3 is 2.52 bits per heavy atom. The normalized spacial score (nSPS) is 12.3. The lowest BCUT2D eigenvalue weighted by molar-refractivity contribution is -0.133. The standard InChI is InChI=1S/C12H11FN6O2.C2H6/c1-12(21,7-19-6-8(13)3-17-19)11(20)18-9-4-15-10(2-14)16-5-9;1-2/h3-6,21H,7H2,1H3,(H,18,20);1-2H3/t12-;/m0./s1. The average Bonchev–Trinajstić information content (AvgIpc) is 2.94. The van der Waals surface area contributed by atoms with Crippen molar-refractivity contribution >= 4 is 11.6 Å². The van der Waals surface area contributed by atoms with Gasteiger partial charge in [0.05, 0.1) is 37.0 Å². The molecule has 0 aliphatic heterocycles. The zero-order valence-corrected chi connectivity index (χ0v) is 13.0. The van der Waals surface area contributed by atoms with Gasteiger partial charge < -0.3 is 10.4 Å². The highest BCUT2D eigenvalue weighted by Crippen LogP contribution is 2.12. The predicted molar refractivity (Wildman–Crippen MR) is 79.5 cm³/mol. The number of halogens is 1. The van der Waals surface area contributed by atoms with Gasteiger partial charge in [0.1, 0.15) is 6.07 Å². The molecule has 23 heavy (non-hydrogen) atoms. The number of carbonyl (C=O) groups is 1. The molecule has 0 bridgehead atoms. The van der Waals surface area contributed by atoms with E-state index in [-0.39, 0.29) is 18.1 Å². The van der Waals surface area contributed by atoms with Crippen molar-refractivity contribution in [1.29, 1.82) is 5.26 Å². The molecule has 8 nitrogen and oxygen atoms in total. The Morgan fingerprint density at radius 2 is 2.04 bits per heavy atom. The van der Waals surface area contributed by atoms with E-state index in [0.29, 0.717) is 0 Å². The fourth-order valence-electron chi connectivity index (χ4n) is 1.53. The van der Waals surface area contributed by atoms with Crippen LogP contribution >= 0.6 is 0 Å². The van der Waals surface area contributed by atoms with Crippen molar-refractivity contribution in [1.82, 2.24) is 19.7 Å². The SMILES string of the molecule is CC.C[C@](O)(Cn1cc(F)cn1)C(=O)Nc1cnc(C#N)nc1. The number of amides is 1. The molecule has 2 N–H and O–H groups in total. The van der Waals surface area contributed by atoms with Crippen molar-refractivity contribution in [3.05, 3.63) is 36.4 Å².